The van der Waals surface area contributed by atoms with Gasteiger partial charge in [0.15, 0.2) is 0 Å². The van der Waals surface area contributed by atoms with E-state index in [9.17, 15) is 0 Å². The van der Waals surface area contributed by atoms with Crippen LogP contribution >= 0.6 is 23.2 Å². The highest BCUT2D eigenvalue weighted by Crippen LogP contribution is 2.33. The molecular formula is C12H14Cl2O3. The highest BCUT2D eigenvalue weighted by atomic mass is 35.5. The standard InChI is InChI=1S/C12H14Cl2O3/c1-15-10-3-2-8(6-9(10)13)12(14)11-7-16-4-5-17-11/h2-3,6,11-12H,4-5,7H2,1H3. The van der Waals surface area contributed by atoms with Crippen molar-refractivity contribution in [1.82, 2.24) is 0 Å². The Morgan fingerprint density at radius 2 is 2.24 bits per heavy atom. The minimum absolute atomic E-state index is 0.130. The van der Waals surface area contributed by atoms with Gasteiger partial charge in [-0.2, -0.15) is 0 Å². The number of ether oxygens (including phenoxy) is 3. The molecule has 0 aliphatic carbocycles. The van der Waals surface area contributed by atoms with Gasteiger partial charge >= 0.3 is 0 Å². The Kier molecular flexibility index (Phi) is 4.51. The van der Waals surface area contributed by atoms with Gasteiger partial charge in [-0.3, -0.25) is 0 Å². The molecule has 1 saturated heterocycles. The smallest absolute Gasteiger partial charge is 0.137 e. The van der Waals surface area contributed by atoms with Gasteiger partial charge < -0.3 is 14.2 Å². The topological polar surface area (TPSA) is 27.7 Å². The number of methoxy groups -OCH3 is 1. The Bertz CT molecular complexity index is 378. The largest absolute Gasteiger partial charge is 0.495 e. The van der Waals surface area contributed by atoms with Gasteiger partial charge in [0, 0.05) is 0 Å². The second kappa shape index (κ2) is 5.91. The fourth-order valence-corrected chi connectivity index (χ4v) is 2.29. The molecule has 0 bridgehead atoms. The van der Waals surface area contributed by atoms with Crippen LogP contribution < -0.4 is 4.74 Å². The molecule has 17 heavy (non-hydrogen) atoms. The van der Waals surface area contributed by atoms with Crippen molar-refractivity contribution in [2.75, 3.05) is 26.9 Å². The van der Waals surface area contributed by atoms with Crippen LogP contribution in [0.3, 0.4) is 0 Å². The van der Waals surface area contributed by atoms with Crippen LogP contribution in [0.25, 0.3) is 0 Å². The molecule has 0 N–H and O–H groups in total. The van der Waals surface area contributed by atoms with E-state index in [1.54, 1.807) is 19.2 Å². The molecule has 0 amide bonds. The van der Waals surface area contributed by atoms with Crippen LogP contribution in [0.2, 0.25) is 5.02 Å². The van der Waals surface area contributed by atoms with Gasteiger partial charge in [0.25, 0.3) is 0 Å². The summed E-state index contributed by atoms with van der Waals surface area (Å²) in [6.45, 7) is 1.72. The summed E-state index contributed by atoms with van der Waals surface area (Å²) < 4.78 is 16.0. The van der Waals surface area contributed by atoms with Gasteiger partial charge in [0.2, 0.25) is 0 Å². The predicted molar refractivity (Wildman–Crippen MR) is 67.2 cm³/mol. The SMILES string of the molecule is COc1ccc(C(Cl)C2COCCO2)cc1Cl. The van der Waals surface area contributed by atoms with Crippen molar-refractivity contribution in [1.29, 1.82) is 0 Å². The number of halogens is 2. The Hall–Kier alpha value is -0.480. The Balaban J connectivity index is 2.12. The first-order valence-electron chi connectivity index (χ1n) is 5.39. The van der Waals surface area contributed by atoms with Crippen LogP contribution in [0.1, 0.15) is 10.9 Å². The van der Waals surface area contributed by atoms with Crippen molar-refractivity contribution in [3.63, 3.8) is 0 Å². The van der Waals surface area contributed by atoms with Crippen molar-refractivity contribution in [2.45, 2.75) is 11.5 Å². The number of alkyl halides is 1. The van der Waals surface area contributed by atoms with Crippen molar-refractivity contribution in [3.8, 4) is 5.75 Å². The minimum Gasteiger partial charge on any atom is -0.495 e. The van der Waals surface area contributed by atoms with E-state index in [0.29, 0.717) is 30.6 Å². The second-order valence-corrected chi connectivity index (χ2v) is 4.66. The van der Waals surface area contributed by atoms with Gasteiger partial charge in [0.1, 0.15) is 11.9 Å². The first-order chi connectivity index (χ1) is 8.22. The number of benzene rings is 1. The van der Waals surface area contributed by atoms with Crippen LogP contribution in [0.15, 0.2) is 18.2 Å². The summed E-state index contributed by atoms with van der Waals surface area (Å²) in [5.74, 6) is 0.639. The van der Waals surface area contributed by atoms with E-state index in [1.165, 1.54) is 0 Å². The average molecular weight is 277 g/mol. The molecule has 1 aliphatic heterocycles. The molecule has 94 valence electrons. The Morgan fingerprint density at radius 1 is 1.41 bits per heavy atom. The third-order valence-electron chi connectivity index (χ3n) is 2.66. The fraction of sp³-hybridized carbons (Fsp3) is 0.500. The molecule has 3 nitrogen and oxygen atoms in total. The molecule has 0 radical (unpaired) electrons. The van der Waals surface area contributed by atoms with E-state index in [-0.39, 0.29) is 11.5 Å². The maximum absolute atomic E-state index is 6.35. The van der Waals surface area contributed by atoms with Gasteiger partial charge in [-0.25, -0.2) is 0 Å². The molecule has 2 unspecified atom stereocenters. The monoisotopic (exact) mass is 276 g/mol. The summed E-state index contributed by atoms with van der Waals surface area (Å²) in [5, 5.41) is 0.283. The lowest BCUT2D eigenvalue weighted by molar-refractivity contribution is -0.0892. The summed E-state index contributed by atoms with van der Waals surface area (Å²) in [6.07, 6.45) is -0.130. The summed E-state index contributed by atoms with van der Waals surface area (Å²) in [6, 6.07) is 5.49. The molecule has 5 heteroatoms. The Labute approximate surface area is 111 Å². The lowest BCUT2D eigenvalue weighted by Crippen LogP contribution is -2.31. The zero-order chi connectivity index (χ0) is 12.3. The number of hydrogen-bond donors (Lipinski definition) is 0. The first kappa shape index (κ1) is 13.0. The van der Waals surface area contributed by atoms with Crippen LogP contribution in [0.5, 0.6) is 5.75 Å². The lowest BCUT2D eigenvalue weighted by Gasteiger charge is -2.27. The Morgan fingerprint density at radius 3 is 2.82 bits per heavy atom. The predicted octanol–water partition coefficient (Wildman–Crippen LogP) is 3.04. The highest BCUT2D eigenvalue weighted by molar-refractivity contribution is 6.32. The van der Waals surface area contributed by atoms with E-state index in [0.717, 1.165) is 5.56 Å². The maximum atomic E-state index is 6.35. The van der Waals surface area contributed by atoms with Crippen molar-refractivity contribution in [3.05, 3.63) is 28.8 Å². The zero-order valence-corrected chi connectivity index (χ0v) is 11.0. The molecule has 1 fully saturated rings. The molecular weight excluding hydrogens is 263 g/mol. The van der Waals surface area contributed by atoms with Gasteiger partial charge in [-0.1, -0.05) is 17.7 Å². The molecule has 2 atom stereocenters. The van der Waals surface area contributed by atoms with Gasteiger partial charge in [0.05, 0.1) is 37.3 Å². The molecule has 2 rings (SSSR count). The molecule has 1 aliphatic rings. The van der Waals surface area contributed by atoms with Crippen LogP contribution in [0, 0.1) is 0 Å². The van der Waals surface area contributed by atoms with Crippen LogP contribution in [-0.4, -0.2) is 33.0 Å². The van der Waals surface area contributed by atoms with Crippen molar-refractivity contribution < 1.29 is 14.2 Å². The summed E-state index contributed by atoms with van der Waals surface area (Å²) in [5.41, 5.74) is 0.910. The first-order valence-corrected chi connectivity index (χ1v) is 6.20. The van der Waals surface area contributed by atoms with E-state index in [2.05, 4.69) is 0 Å². The zero-order valence-electron chi connectivity index (χ0n) is 9.49. The molecule has 1 heterocycles. The van der Waals surface area contributed by atoms with Gasteiger partial charge in [-0.05, 0) is 17.7 Å². The number of hydrogen-bond acceptors (Lipinski definition) is 3. The normalized spacial score (nSPS) is 22.2. The second-order valence-electron chi connectivity index (χ2n) is 3.78. The highest BCUT2D eigenvalue weighted by Gasteiger charge is 2.25. The lowest BCUT2D eigenvalue weighted by atomic mass is 10.1. The summed E-state index contributed by atoms with van der Waals surface area (Å²) >= 11 is 12.4. The van der Waals surface area contributed by atoms with Crippen LogP contribution in [0.4, 0.5) is 0 Å². The molecule has 0 aromatic heterocycles. The van der Waals surface area contributed by atoms with Crippen molar-refractivity contribution >= 4 is 23.2 Å². The summed E-state index contributed by atoms with van der Waals surface area (Å²) in [7, 11) is 1.58. The number of rotatable bonds is 3. The third-order valence-corrected chi connectivity index (χ3v) is 3.49. The molecule has 0 spiro atoms. The quantitative estimate of drug-likeness (QED) is 0.795. The molecule has 1 aromatic carbocycles. The van der Waals surface area contributed by atoms with Crippen LogP contribution in [-0.2, 0) is 9.47 Å². The van der Waals surface area contributed by atoms with Gasteiger partial charge in [-0.15, -0.1) is 11.6 Å². The van der Waals surface area contributed by atoms with E-state index in [1.807, 2.05) is 6.07 Å². The van der Waals surface area contributed by atoms with Crippen molar-refractivity contribution in [2.24, 2.45) is 0 Å². The van der Waals surface area contributed by atoms with E-state index >= 15 is 0 Å². The average Bonchev–Trinajstić information content (AvgIpc) is 2.39. The van der Waals surface area contributed by atoms with E-state index in [4.69, 9.17) is 37.4 Å². The summed E-state index contributed by atoms with van der Waals surface area (Å²) in [4.78, 5) is 0. The van der Waals surface area contributed by atoms with E-state index < -0.39 is 0 Å². The molecule has 0 saturated carbocycles. The fourth-order valence-electron chi connectivity index (χ4n) is 1.74. The minimum atomic E-state index is -0.265. The third kappa shape index (κ3) is 3.05. The molecule has 1 aromatic rings. The maximum Gasteiger partial charge on any atom is 0.137 e.